The van der Waals surface area contributed by atoms with E-state index in [9.17, 15) is 24.0 Å². The number of amides is 4. The second kappa shape index (κ2) is 17.8. The molecule has 0 unspecified atom stereocenters. The molecule has 12 heteroatoms. The standard InChI is InChI=1S/C25H38N4O8/c1-17(2)21(16-31)28-23(33)18(3)27-22(32)15-26-24(34)20(14-19-8-5-4-6-9-19)29-25(35)37-13-12-36-11-7-10-30/h4-6,8-9,16-18,20-21,30H,7,10-15H2,1-3H3,(H,26,34)(H,27,32)(H,28,33)(H,29,35)/t18-,20-,21+/m0/s1. The molecule has 206 valence electrons. The Morgan fingerprint density at radius 2 is 1.65 bits per heavy atom. The van der Waals surface area contributed by atoms with Crippen molar-refractivity contribution in [3.05, 3.63) is 35.9 Å². The van der Waals surface area contributed by atoms with E-state index in [1.165, 1.54) is 6.92 Å². The van der Waals surface area contributed by atoms with Gasteiger partial charge in [-0.25, -0.2) is 4.79 Å². The van der Waals surface area contributed by atoms with Gasteiger partial charge in [-0.1, -0.05) is 44.2 Å². The van der Waals surface area contributed by atoms with Crippen LogP contribution in [0.1, 0.15) is 32.8 Å². The lowest BCUT2D eigenvalue weighted by Gasteiger charge is -2.21. The van der Waals surface area contributed by atoms with Crippen LogP contribution in [0.25, 0.3) is 0 Å². The molecule has 0 aliphatic heterocycles. The number of rotatable bonds is 17. The van der Waals surface area contributed by atoms with Gasteiger partial charge in [-0.2, -0.15) is 0 Å². The zero-order chi connectivity index (χ0) is 27.6. The van der Waals surface area contributed by atoms with Crippen LogP contribution in [0, 0.1) is 5.92 Å². The summed E-state index contributed by atoms with van der Waals surface area (Å²) in [5, 5.41) is 18.7. The van der Waals surface area contributed by atoms with Crippen molar-refractivity contribution in [2.24, 2.45) is 5.92 Å². The van der Waals surface area contributed by atoms with E-state index >= 15 is 0 Å². The lowest BCUT2D eigenvalue weighted by Crippen LogP contribution is -2.53. The van der Waals surface area contributed by atoms with Gasteiger partial charge in [0, 0.05) is 19.6 Å². The Labute approximate surface area is 216 Å². The maximum absolute atomic E-state index is 12.8. The molecule has 1 rings (SSSR count). The van der Waals surface area contributed by atoms with Gasteiger partial charge in [-0.3, -0.25) is 14.4 Å². The summed E-state index contributed by atoms with van der Waals surface area (Å²) in [6, 6.07) is 6.34. The average Bonchev–Trinajstić information content (AvgIpc) is 2.87. The maximum atomic E-state index is 12.8. The van der Waals surface area contributed by atoms with E-state index in [4.69, 9.17) is 14.6 Å². The number of hydrogen-bond donors (Lipinski definition) is 5. The Hall–Kier alpha value is -3.51. The molecule has 5 N–H and O–H groups in total. The lowest BCUT2D eigenvalue weighted by molar-refractivity contribution is -0.130. The predicted molar refractivity (Wildman–Crippen MR) is 134 cm³/mol. The van der Waals surface area contributed by atoms with Crippen molar-refractivity contribution in [3.8, 4) is 0 Å². The Morgan fingerprint density at radius 3 is 2.27 bits per heavy atom. The zero-order valence-electron chi connectivity index (χ0n) is 21.5. The smallest absolute Gasteiger partial charge is 0.407 e. The largest absolute Gasteiger partial charge is 0.447 e. The summed E-state index contributed by atoms with van der Waals surface area (Å²) >= 11 is 0. The monoisotopic (exact) mass is 522 g/mol. The molecule has 37 heavy (non-hydrogen) atoms. The third-order valence-corrected chi connectivity index (χ3v) is 5.17. The van der Waals surface area contributed by atoms with Crippen LogP contribution in [0.5, 0.6) is 0 Å². The predicted octanol–water partition coefficient (Wildman–Crippen LogP) is -0.316. The van der Waals surface area contributed by atoms with Crippen molar-refractivity contribution in [2.45, 2.75) is 51.7 Å². The van der Waals surface area contributed by atoms with Gasteiger partial charge in [-0.05, 0) is 24.8 Å². The first kappa shape index (κ1) is 31.5. The maximum Gasteiger partial charge on any atom is 0.407 e. The Morgan fingerprint density at radius 1 is 0.946 bits per heavy atom. The van der Waals surface area contributed by atoms with Gasteiger partial charge < -0.3 is 40.6 Å². The summed E-state index contributed by atoms with van der Waals surface area (Å²) in [6.07, 6.45) is 0.426. The molecular formula is C25H38N4O8. The first-order valence-corrected chi connectivity index (χ1v) is 12.2. The quantitative estimate of drug-likeness (QED) is 0.137. The van der Waals surface area contributed by atoms with E-state index in [2.05, 4.69) is 21.3 Å². The first-order chi connectivity index (χ1) is 17.7. The van der Waals surface area contributed by atoms with E-state index in [1.54, 1.807) is 38.1 Å². The lowest BCUT2D eigenvalue weighted by atomic mass is 10.1. The molecule has 3 atom stereocenters. The molecule has 12 nitrogen and oxygen atoms in total. The molecule has 0 radical (unpaired) electrons. The van der Waals surface area contributed by atoms with E-state index in [-0.39, 0.29) is 32.2 Å². The van der Waals surface area contributed by atoms with Crippen LogP contribution in [-0.4, -0.2) is 86.3 Å². The second-order valence-electron chi connectivity index (χ2n) is 8.63. The Balaban J connectivity index is 2.61. The van der Waals surface area contributed by atoms with Crippen molar-refractivity contribution >= 4 is 30.1 Å². The number of benzene rings is 1. The normalized spacial score (nSPS) is 13.1. The summed E-state index contributed by atoms with van der Waals surface area (Å²) in [7, 11) is 0. The fraction of sp³-hybridized carbons (Fsp3) is 0.560. The van der Waals surface area contributed by atoms with E-state index < -0.39 is 48.5 Å². The molecule has 0 saturated carbocycles. The molecule has 4 amide bonds. The molecule has 1 aromatic rings. The van der Waals surface area contributed by atoms with E-state index in [0.717, 1.165) is 5.56 Å². The number of nitrogens with one attached hydrogen (secondary N) is 4. The number of hydrogen-bond acceptors (Lipinski definition) is 8. The molecule has 0 aliphatic rings. The topological polar surface area (TPSA) is 172 Å². The van der Waals surface area contributed by atoms with Crippen molar-refractivity contribution in [3.63, 3.8) is 0 Å². The van der Waals surface area contributed by atoms with Gasteiger partial charge in [0.1, 0.15) is 25.0 Å². The van der Waals surface area contributed by atoms with Crippen molar-refractivity contribution in [1.29, 1.82) is 0 Å². The van der Waals surface area contributed by atoms with Crippen LogP contribution in [0.15, 0.2) is 30.3 Å². The minimum absolute atomic E-state index is 0.000517. The minimum Gasteiger partial charge on any atom is -0.447 e. The van der Waals surface area contributed by atoms with Gasteiger partial charge >= 0.3 is 6.09 Å². The molecule has 1 aromatic carbocycles. The van der Waals surface area contributed by atoms with Crippen LogP contribution in [0.3, 0.4) is 0 Å². The first-order valence-electron chi connectivity index (χ1n) is 12.2. The highest BCUT2D eigenvalue weighted by Gasteiger charge is 2.24. The summed E-state index contributed by atoms with van der Waals surface area (Å²) < 4.78 is 10.2. The molecule has 0 aromatic heterocycles. The van der Waals surface area contributed by atoms with Crippen LogP contribution in [0.2, 0.25) is 0 Å². The van der Waals surface area contributed by atoms with Crippen LogP contribution < -0.4 is 21.3 Å². The highest BCUT2D eigenvalue weighted by Crippen LogP contribution is 2.04. The highest BCUT2D eigenvalue weighted by molar-refractivity contribution is 5.92. The molecule has 0 spiro atoms. The van der Waals surface area contributed by atoms with Crippen molar-refractivity contribution < 1.29 is 38.6 Å². The van der Waals surface area contributed by atoms with Crippen molar-refractivity contribution in [2.75, 3.05) is 33.0 Å². The number of alkyl carbamates (subject to hydrolysis) is 1. The van der Waals surface area contributed by atoms with Gasteiger partial charge in [0.25, 0.3) is 0 Å². The minimum atomic E-state index is -1.03. The van der Waals surface area contributed by atoms with Gasteiger partial charge in [-0.15, -0.1) is 0 Å². The number of carbonyl (C=O) groups is 5. The summed E-state index contributed by atoms with van der Waals surface area (Å²) in [6.45, 7) is 5.01. The molecule has 0 fully saturated rings. The third kappa shape index (κ3) is 13.4. The highest BCUT2D eigenvalue weighted by atomic mass is 16.6. The summed E-state index contributed by atoms with van der Waals surface area (Å²) in [4.78, 5) is 60.6. The van der Waals surface area contributed by atoms with E-state index in [1.807, 2.05) is 6.07 Å². The molecule has 0 bridgehead atoms. The SMILES string of the molecule is CC(C)[C@@H](C=O)NC(=O)[C@H](C)NC(=O)CNC(=O)[C@H](Cc1ccccc1)NC(=O)OCCOCCCO. The van der Waals surface area contributed by atoms with Gasteiger partial charge in [0.2, 0.25) is 17.7 Å². The zero-order valence-corrected chi connectivity index (χ0v) is 21.5. The Kier molecular flexibility index (Phi) is 15.2. The van der Waals surface area contributed by atoms with E-state index in [0.29, 0.717) is 19.3 Å². The fourth-order valence-electron chi connectivity index (χ4n) is 3.00. The van der Waals surface area contributed by atoms with Crippen molar-refractivity contribution in [1.82, 2.24) is 21.3 Å². The number of aldehydes is 1. The fourth-order valence-corrected chi connectivity index (χ4v) is 3.00. The summed E-state index contributed by atoms with van der Waals surface area (Å²) in [5.74, 6) is -1.88. The Bertz CT molecular complexity index is 866. The second-order valence-corrected chi connectivity index (χ2v) is 8.63. The van der Waals surface area contributed by atoms with Crippen LogP contribution >= 0.6 is 0 Å². The van der Waals surface area contributed by atoms with Crippen LogP contribution in [-0.2, 0) is 35.1 Å². The number of carbonyl (C=O) groups excluding carboxylic acids is 5. The molecular weight excluding hydrogens is 484 g/mol. The number of ether oxygens (including phenoxy) is 2. The molecule has 0 aliphatic carbocycles. The molecule has 0 saturated heterocycles. The van der Waals surface area contributed by atoms with Gasteiger partial charge in [0.15, 0.2) is 0 Å². The van der Waals surface area contributed by atoms with Crippen LogP contribution in [0.4, 0.5) is 4.79 Å². The molecule has 0 heterocycles. The summed E-state index contributed by atoms with van der Waals surface area (Å²) in [5.41, 5.74) is 0.778. The van der Waals surface area contributed by atoms with Gasteiger partial charge in [0.05, 0.1) is 19.2 Å². The average molecular weight is 523 g/mol. The third-order valence-electron chi connectivity index (χ3n) is 5.17. The number of aliphatic hydroxyl groups is 1. The number of aliphatic hydroxyl groups excluding tert-OH is 1.